The molecule has 2 aromatic carbocycles. The zero-order valence-corrected chi connectivity index (χ0v) is 13.6. The van der Waals surface area contributed by atoms with Gasteiger partial charge in [0.1, 0.15) is 17.7 Å². The molecule has 2 aromatic rings. The van der Waals surface area contributed by atoms with Crippen molar-refractivity contribution in [1.82, 2.24) is 0 Å². The Hall–Kier alpha value is -1.98. The van der Waals surface area contributed by atoms with E-state index in [9.17, 15) is 13.6 Å². The number of carbonyl (C=O) groups is 1. The number of nitrogens with one attached hydrogen (secondary N) is 1. The molecule has 3 N–H and O–H groups in total. The molecule has 6 heteroatoms. The lowest BCUT2D eigenvalue weighted by molar-refractivity contribution is -0.710. The lowest BCUT2D eigenvalue weighted by Gasteiger charge is -2.17. The Kier molecular flexibility index (Phi) is 5.69. The molecule has 0 aliphatic heterocycles. The average molecular weight is 340 g/mol. The maximum absolute atomic E-state index is 13.8. The van der Waals surface area contributed by atoms with Crippen LogP contribution in [0.15, 0.2) is 42.5 Å². The number of amides is 1. The smallest absolute Gasteiger partial charge is 0.282 e. The van der Waals surface area contributed by atoms with Crippen LogP contribution >= 0.6 is 11.6 Å². The van der Waals surface area contributed by atoms with E-state index in [-0.39, 0.29) is 11.9 Å². The summed E-state index contributed by atoms with van der Waals surface area (Å²) in [6.07, 6.45) is 0. The van der Waals surface area contributed by atoms with Gasteiger partial charge < -0.3 is 10.6 Å². The number of anilines is 1. The second-order valence-corrected chi connectivity index (χ2v) is 5.87. The summed E-state index contributed by atoms with van der Waals surface area (Å²) in [5, 5.41) is 5.08. The van der Waals surface area contributed by atoms with Crippen LogP contribution in [0.4, 0.5) is 14.5 Å². The molecule has 2 atom stereocenters. The second-order valence-electron chi connectivity index (χ2n) is 5.43. The molecule has 122 valence electrons. The van der Waals surface area contributed by atoms with Gasteiger partial charge in [-0.15, -0.1) is 0 Å². The normalized spacial score (nSPS) is 13.4. The van der Waals surface area contributed by atoms with Gasteiger partial charge in [-0.05, 0) is 50.2 Å². The fourth-order valence-electron chi connectivity index (χ4n) is 2.28. The van der Waals surface area contributed by atoms with E-state index in [0.717, 1.165) is 6.07 Å². The number of halogens is 3. The van der Waals surface area contributed by atoms with Crippen LogP contribution < -0.4 is 10.6 Å². The monoisotopic (exact) mass is 339 g/mol. The van der Waals surface area contributed by atoms with E-state index in [1.54, 1.807) is 43.4 Å². The third kappa shape index (κ3) is 4.74. The molecule has 0 saturated carbocycles. The molecule has 0 spiro atoms. The predicted molar refractivity (Wildman–Crippen MR) is 86.2 cm³/mol. The topological polar surface area (TPSA) is 45.7 Å². The summed E-state index contributed by atoms with van der Waals surface area (Å²) in [5.74, 6) is -1.44. The molecule has 0 aromatic heterocycles. The summed E-state index contributed by atoms with van der Waals surface area (Å²) in [6, 6.07) is 9.47. The summed E-state index contributed by atoms with van der Waals surface area (Å²) >= 11 is 5.79. The minimum atomic E-state index is -0.619. The van der Waals surface area contributed by atoms with Gasteiger partial charge >= 0.3 is 0 Å². The van der Waals surface area contributed by atoms with Gasteiger partial charge in [-0.25, -0.2) is 8.78 Å². The number of hydrogen-bond acceptors (Lipinski definition) is 1. The van der Waals surface area contributed by atoms with Crippen molar-refractivity contribution >= 4 is 23.2 Å². The Morgan fingerprint density at radius 2 is 1.78 bits per heavy atom. The highest BCUT2D eigenvalue weighted by atomic mass is 35.5. The first-order chi connectivity index (χ1) is 10.9. The molecule has 0 heterocycles. The van der Waals surface area contributed by atoms with Crippen LogP contribution in [-0.2, 0) is 4.79 Å². The van der Waals surface area contributed by atoms with Gasteiger partial charge in [0.15, 0.2) is 6.04 Å². The standard InChI is InChI=1S/C17H17ClF2N2O/c1-10(15-8-5-13(19)9-16(15)20)21-11(2)17(23)22-14-6-3-12(18)4-7-14/h3-11,21H,1-2H3,(H,22,23)/p+1/t10-,11+/m0/s1. The number of benzene rings is 2. The number of rotatable bonds is 5. The summed E-state index contributed by atoms with van der Waals surface area (Å²) in [5.41, 5.74) is 0.998. The fraction of sp³-hybridized carbons (Fsp3) is 0.235. The van der Waals surface area contributed by atoms with Gasteiger partial charge in [0, 0.05) is 22.3 Å². The Morgan fingerprint density at radius 1 is 1.13 bits per heavy atom. The maximum atomic E-state index is 13.8. The Morgan fingerprint density at radius 3 is 2.39 bits per heavy atom. The van der Waals surface area contributed by atoms with E-state index in [2.05, 4.69) is 5.32 Å². The number of quaternary nitrogens is 1. The van der Waals surface area contributed by atoms with E-state index in [1.807, 2.05) is 0 Å². The van der Waals surface area contributed by atoms with Crippen LogP contribution in [0, 0.1) is 11.6 Å². The predicted octanol–water partition coefficient (Wildman–Crippen LogP) is 3.27. The van der Waals surface area contributed by atoms with Gasteiger partial charge in [-0.1, -0.05) is 11.6 Å². The molecule has 0 radical (unpaired) electrons. The molecule has 1 amide bonds. The second kappa shape index (κ2) is 7.53. The van der Waals surface area contributed by atoms with E-state index in [1.165, 1.54) is 12.1 Å². The van der Waals surface area contributed by atoms with Crippen molar-refractivity contribution < 1.29 is 18.9 Å². The Labute approximate surface area is 138 Å². The molecule has 0 saturated heterocycles. The highest BCUT2D eigenvalue weighted by Gasteiger charge is 2.22. The quantitative estimate of drug-likeness (QED) is 0.863. The minimum absolute atomic E-state index is 0.207. The largest absolute Gasteiger partial charge is 0.330 e. The van der Waals surface area contributed by atoms with E-state index >= 15 is 0 Å². The van der Waals surface area contributed by atoms with Crippen LogP contribution in [-0.4, -0.2) is 11.9 Å². The molecule has 0 bridgehead atoms. The molecule has 0 unspecified atom stereocenters. The summed E-state index contributed by atoms with van der Waals surface area (Å²) in [7, 11) is 0. The van der Waals surface area contributed by atoms with Crippen molar-refractivity contribution in [1.29, 1.82) is 0 Å². The SMILES string of the molecule is C[C@H]([NH2+][C@H](C)C(=O)Nc1ccc(Cl)cc1)c1ccc(F)cc1F. The first kappa shape index (κ1) is 17.4. The highest BCUT2D eigenvalue weighted by molar-refractivity contribution is 6.30. The summed E-state index contributed by atoms with van der Waals surface area (Å²) in [6.45, 7) is 3.49. The molecule has 3 nitrogen and oxygen atoms in total. The molecule has 2 rings (SSSR count). The lowest BCUT2D eigenvalue weighted by atomic mass is 10.1. The van der Waals surface area contributed by atoms with E-state index in [0.29, 0.717) is 16.3 Å². The van der Waals surface area contributed by atoms with Crippen molar-refractivity contribution in [3.63, 3.8) is 0 Å². The zero-order chi connectivity index (χ0) is 17.0. The summed E-state index contributed by atoms with van der Waals surface area (Å²) < 4.78 is 26.7. The number of nitrogens with two attached hydrogens (primary N) is 1. The van der Waals surface area contributed by atoms with Crippen LogP contribution in [0.1, 0.15) is 25.5 Å². The minimum Gasteiger partial charge on any atom is -0.330 e. The Bertz CT molecular complexity index is 691. The lowest BCUT2D eigenvalue weighted by Crippen LogP contribution is -2.91. The molecule has 0 fully saturated rings. The first-order valence-corrected chi connectivity index (χ1v) is 7.61. The Balaban J connectivity index is 1.98. The third-order valence-electron chi connectivity index (χ3n) is 3.56. The van der Waals surface area contributed by atoms with Crippen molar-refractivity contribution in [2.24, 2.45) is 0 Å². The van der Waals surface area contributed by atoms with Crippen LogP contribution in [0.5, 0.6) is 0 Å². The average Bonchev–Trinajstić information content (AvgIpc) is 2.49. The van der Waals surface area contributed by atoms with Crippen LogP contribution in [0.3, 0.4) is 0 Å². The number of hydrogen-bond donors (Lipinski definition) is 2. The molecular weight excluding hydrogens is 322 g/mol. The van der Waals surface area contributed by atoms with Crippen molar-refractivity contribution in [3.05, 3.63) is 64.7 Å². The van der Waals surface area contributed by atoms with Crippen molar-refractivity contribution in [3.8, 4) is 0 Å². The highest BCUT2D eigenvalue weighted by Crippen LogP contribution is 2.15. The van der Waals surface area contributed by atoms with Gasteiger partial charge in [-0.3, -0.25) is 4.79 Å². The molecule has 0 aliphatic rings. The van der Waals surface area contributed by atoms with E-state index in [4.69, 9.17) is 11.6 Å². The van der Waals surface area contributed by atoms with Crippen molar-refractivity contribution in [2.45, 2.75) is 25.9 Å². The molecule has 23 heavy (non-hydrogen) atoms. The maximum Gasteiger partial charge on any atom is 0.282 e. The van der Waals surface area contributed by atoms with E-state index < -0.39 is 17.7 Å². The van der Waals surface area contributed by atoms with Crippen LogP contribution in [0.25, 0.3) is 0 Å². The van der Waals surface area contributed by atoms with Gasteiger partial charge in [0.2, 0.25) is 0 Å². The van der Waals surface area contributed by atoms with Gasteiger partial charge in [-0.2, -0.15) is 0 Å². The van der Waals surface area contributed by atoms with Gasteiger partial charge in [0.05, 0.1) is 0 Å². The third-order valence-corrected chi connectivity index (χ3v) is 3.81. The molecule has 0 aliphatic carbocycles. The van der Waals surface area contributed by atoms with Crippen molar-refractivity contribution in [2.75, 3.05) is 5.32 Å². The fourth-order valence-corrected chi connectivity index (χ4v) is 2.41. The number of carbonyl (C=O) groups excluding carboxylic acids is 1. The van der Waals surface area contributed by atoms with Crippen LogP contribution in [0.2, 0.25) is 5.02 Å². The zero-order valence-electron chi connectivity index (χ0n) is 12.8. The molecular formula is C17H18ClF2N2O+. The van der Waals surface area contributed by atoms with Gasteiger partial charge in [0.25, 0.3) is 5.91 Å². The first-order valence-electron chi connectivity index (χ1n) is 7.23. The summed E-state index contributed by atoms with van der Waals surface area (Å²) in [4.78, 5) is 12.2.